The Balaban J connectivity index is 2.28. The van der Waals surface area contributed by atoms with Crippen LogP contribution in [0.1, 0.15) is 24.1 Å². The fraction of sp³-hybridized carbons (Fsp3) is 0.182. The van der Waals surface area contributed by atoms with Crippen molar-refractivity contribution >= 4 is 5.88 Å². The Kier molecular flexibility index (Phi) is 2.41. The second kappa shape index (κ2) is 3.73. The van der Waals surface area contributed by atoms with Crippen molar-refractivity contribution in [1.82, 2.24) is 5.16 Å². The molecule has 0 fully saturated rings. The second-order valence-corrected chi connectivity index (χ2v) is 3.43. The molecule has 0 amide bonds. The van der Waals surface area contributed by atoms with E-state index in [9.17, 15) is 4.39 Å². The lowest BCUT2D eigenvalue weighted by Gasteiger charge is -2.07. The van der Waals surface area contributed by atoms with Crippen molar-refractivity contribution in [1.29, 1.82) is 0 Å². The molecule has 0 bridgehead atoms. The van der Waals surface area contributed by atoms with Gasteiger partial charge in [-0.2, -0.15) is 0 Å². The zero-order valence-electron chi connectivity index (χ0n) is 8.27. The van der Waals surface area contributed by atoms with Gasteiger partial charge in [0.05, 0.1) is 5.69 Å². The van der Waals surface area contributed by atoms with Crippen LogP contribution in [0.25, 0.3) is 0 Å². The number of rotatable bonds is 2. The molecular formula is C11H11FN2O. The first-order valence-corrected chi connectivity index (χ1v) is 4.64. The Morgan fingerprint density at radius 1 is 1.33 bits per heavy atom. The van der Waals surface area contributed by atoms with Crippen LogP contribution < -0.4 is 5.73 Å². The first-order valence-electron chi connectivity index (χ1n) is 4.64. The van der Waals surface area contributed by atoms with Crippen molar-refractivity contribution < 1.29 is 8.91 Å². The van der Waals surface area contributed by atoms with E-state index in [1.165, 1.54) is 12.1 Å². The molecule has 15 heavy (non-hydrogen) atoms. The van der Waals surface area contributed by atoms with E-state index in [0.29, 0.717) is 5.88 Å². The summed E-state index contributed by atoms with van der Waals surface area (Å²) >= 11 is 0. The molecule has 1 heterocycles. The minimum Gasteiger partial charge on any atom is -0.368 e. The number of hydrogen-bond acceptors (Lipinski definition) is 3. The van der Waals surface area contributed by atoms with Crippen LogP contribution in [0.4, 0.5) is 10.3 Å². The predicted octanol–water partition coefficient (Wildman–Crippen LogP) is 2.55. The second-order valence-electron chi connectivity index (χ2n) is 3.43. The monoisotopic (exact) mass is 206 g/mol. The average Bonchev–Trinajstić information content (AvgIpc) is 2.65. The average molecular weight is 206 g/mol. The highest BCUT2D eigenvalue weighted by Crippen LogP contribution is 2.24. The summed E-state index contributed by atoms with van der Waals surface area (Å²) in [4.78, 5) is 0. The molecule has 0 aliphatic rings. The van der Waals surface area contributed by atoms with Gasteiger partial charge in [-0.05, 0) is 17.7 Å². The maximum absolute atomic E-state index is 12.7. The number of nitrogens with two attached hydrogens (primary N) is 1. The quantitative estimate of drug-likeness (QED) is 0.821. The zero-order valence-corrected chi connectivity index (χ0v) is 8.27. The molecule has 0 saturated carbocycles. The Hall–Kier alpha value is -1.84. The normalized spacial score (nSPS) is 12.7. The molecule has 0 aliphatic heterocycles. The van der Waals surface area contributed by atoms with Crippen molar-refractivity contribution in [2.75, 3.05) is 5.73 Å². The van der Waals surface area contributed by atoms with E-state index in [2.05, 4.69) is 5.16 Å². The number of nitrogens with zero attached hydrogens (tertiary/aromatic N) is 1. The summed E-state index contributed by atoms with van der Waals surface area (Å²) in [6, 6.07) is 7.98. The zero-order chi connectivity index (χ0) is 10.8. The van der Waals surface area contributed by atoms with Gasteiger partial charge in [-0.25, -0.2) is 4.39 Å². The molecule has 1 aromatic heterocycles. The standard InChI is InChI=1S/C11H11FN2O/c1-7(10-6-11(13)15-14-10)8-2-4-9(12)5-3-8/h2-7H,13H2,1H3. The number of anilines is 1. The van der Waals surface area contributed by atoms with Crippen LogP contribution in [-0.4, -0.2) is 5.16 Å². The summed E-state index contributed by atoms with van der Waals surface area (Å²) < 4.78 is 17.5. The van der Waals surface area contributed by atoms with Crippen molar-refractivity contribution in [3.05, 3.63) is 47.4 Å². The van der Waals surface area contributed by atoms with Crippen molar-refractivity contribution in [3.8, 4) is 0 Å². The van der Waals surface area contributed by atoms with Gasteiger partial charge in [0.15, 0.2) is 0 Å². The highest BCUT2D eigenvalue weighted by molar-refractivity contribution is 5.32. The fourth-order valence-corrected chi connectivity index (χ4v) is 1.43. The minimum absolute atomic E-state index is 0.0478. The van der Waals surface area contributed by atoms with Gasteiger partial charge in [0.25, 0.3) is 0 Å². The summed E-state index contributed by atoms with van der Waals surface area (Å²) in [6.07, 6.45) is 0. The summed E-state index contributed by atoms with van der Waals surface area (Å²) in [5.41, 5.74) is 7.16. The van der Waals surface area contributed by atoms with Crippen LogP contribution in [0.15, 0.2) is 34.9 Å². The Morgan fingerprint density at radius 2 is 2.00 bits per heavy atom. The largest absolute Gasteiger partial charge is 0.368 e. The smallest absolute Gasteiger partial charge is 0.222 e. The number of benzene rings is 1. The van der Waals surface area contributed by atoms with Gasteiger partial charge in [0.1, 0.15) is 5.82 Å². The van der Waals surface area contributed by atoms with Crippen LogP contribution in [0.5, 0.6) is 0 Å². The summed E-state index contributed by atoms with van der Waals surface area (Å²) in [5.74, 6) is 0.0937. The molecule has 2 rings (SSSR count). The van der Waals surface area contributed by atoms with E-state index in [0.717, 1.165) is 11.3 Å². The van der Waals surface area contributed by atoms with Crippen LogP contribution in [0.2, 0.25) is 0 Å². The molecule has 1 aromatic carbocycles. The van der Waals surface area contributed by atoms with E-state index < -0.39 is 0 Å². The van der Waals surface area contributed by atoms with Crippen molar-refractivity contribution in [3.63, 3.8) is 0 Å². The van der Waals surface area contributed by atoms with E-state index in [1.54, 1.807) is 18.2 Å². The third-order valence-corrected chi connectivity index (χ3v) is 2.36. The Labute approximate surface area is 86.7 Å². The van der Waals surface area contributed by atoms with E-state index in [4.69, 9.17) is 10.3 Å². The van der Waals surface area contributed by atoms with E-state index in [1.807, 2.05) is 6.92 Å². The Morgan fingerprint density at radius 3 is 2.53 bits per heavy atom. The highest BCUT2D eigenvalue weighted by Gasteiger charge is 2.12. The first-order chi connectivity index (χ1) is 7.16. The third kappa shape index (κ3) is 1.98. The molecule has 0 saturated heterocycles. The lowest BCUT2D eigenvalue weighted by molar-refractivity contribution is 0.425. The van der Waals surface area contributed by atoms with Gasteiger partial charge in [-0.3, -0.25) is 0 Å². The lowest BCUT2D eigenvalue weighted by Crippen LogP contribution is -1.96. The number of hydrogen-bond donors (Lipinski definition) is 1. The number of halogens is 1. The van der Waals surface area contributed by atoms with Gasteiger partial charge in [-0.15, -0.1) is 0 Å². The van der Waals surface area contributed by atoms with Gasteiger partial charge in [0, 0.05) is 12.0 Å². The van der Waals surface area contributed by atoms with Crippen molar-refractivity contribution in [2.45, 2.75) is 12.8 Å². The molecule has 2 aromatic rings. The molecular weight excluding hydrogens is 195 g/mol. The van der Waals surface area contributed by atoms with Crippen LogP contribution in [0.3, 0.4) is 0 Å². The van der Waals surface area contributed by atoms with Gasteiger partial charge in [0.2, 0.25) is 5.88 Å². The maximum Gasteiger partial charge on any atom is 0.222 e. The third-order valence-electron chi connectivity index (χ3n) is 2.36. The SMILES string of the molecule is CC(c1ccc(F)cc1)c1cc(N)on1. The van der Waals surface area contributed by atoms with Gasteiger partial charge in [-0.1, -0.05) is 24.2 Å². The molecule has 1 atom stereocenters. The summed E-state index contributed by atoms with van der Waals surface area (Å²) in [6.45, 7) is 1.96. The van der Waals surface area contributed by atoms with Crippen molar-refractivity contribution in [2.24, 2.45) is 0 Å². The highest BCUT2D eigenvalue weighted by atomic mass is 19.1. The molecule has 3 nitrogen and oxygen atoms in total. The first kappa shape index (κ1) is 9.71. The minimum atomic E-state index is -0.245. The number of aromatic nitrogens is 1. The predicted molar refractivity (Wildman–Crippen MR) is 54.8 cm³/mol. The van der Waals surface area contributed by atoms with E-state index in [-0.39, 0.29) is 11.7 Å². The lowest BCUT2D eigenvalue weighted by atomic mass is 9.98. The molecule has 0 radical (unpaired) electrons. The fourth-order valence-electron chi connectivity index (χ4n) is 1.43. The molecule has 4 heteroatoms. The molecule has 1 unspecified atom stereocenters. The summed E-state index contributed by atoms with van der Waals surface area (Å²) in [7, 11) is 0. The molecule has 2 N–H and O–H groups in total. The number of nitrogen functional groups attached to an aromatic ring is 1. The maximum atomic E-state index is 12.7. The summed E-state index contributed by atoms with van der Waals surface area (Å²) in [5, 5.41) is 3.82. The molecule has 0 aliphatic carbocycles. The van der Waals surface area contributed by atoms with Gasteiger partial charge < -0.3 is 10.3 Å². The Bertz CT molecular complexity index is 450. The van der Waals surface area contributed by atoms with Crippen LogP contribution in [-0.2, 0) is 0 Å². The molecule has 78 valence electrons. The van der Waals surface area contributed by atoms with E-state index >= 15 is 0 Å². The van der Waals surface area contributed by atoms with Crippen LogP contribution in [0, 0.1) is 5.82 Å². The van der Waals surface area contributed by atoms with Gasteiger partial charge >= 0.3 is 0 Å². The molecule has 0 spiro atoms. The topological polar surface area (TPSA) is 52.0 Å². The van der Waals surface area contributed by atoms with Crippen LogP contribution >= 0.6 is 0 Å².